The Morgan fingerprint density at radius 1 is 1.38 bits per heavy atom. The summed E-state index contributed by atoms with van der Waals surface area (Å²) in [4.78, 5) is 27.2. The number of ether oxygens (including phenoxy) is 1. The monoisotopic (exact) mass is 328 g/mol. The van der Waals surface area contributed by atoms with Gasteiger partial charge in [-0.1, -0.05) is 0 Å². The SMILES string of the molecule is O=C(CCc1cnccn1)N1CCc2oc(C3CCOC3)nc2C1. The fourth-order valence-corrected chi connectivity index (χ4v) is 3.19. The zero-order valence-electron chi connectivity index (χ0n) is 13.5. The molecule has 2 aromatic rings. The predicted octanol–water partition coefficient (Wildman–Crippen LogP) is 1.49. The summed E-state index contributed by atoms with van der Waals surface area (Å²) >= 11 is 0. The highest BCUT2D eigenvalue weighted by Gasteiger charge is 2.29. The fraction of sp³-hybridized carbons (Fsp3) is 0.529. The lowest BCUT2D eigenvalue weighted by Gasteiger charge is -2.25. The molecule has 0 spiro atoms. The van der Waals surface area contributed by atoms with E-state index < -0.39 is 0 Å². The van der Waals surface area contributed by atoms with Crippen molar-refractivity contribution in [3.8, 4) is 0 Å². The number of fused-ring (bicyclic) bond motifs is 1. The predicted molar refractivity (Wildman–Crippen MR) is 84.2 cm³/mol. The summed E-state index contributed by atoms with van der Waals surface area (Å²) in [7, 11) is 0. The van der Waals surface area contributed by atoms with Gasteiger partial charge in [-0.05, 0) is 12.8 Å². The minimum atomic E-state index is 0.125. The van der Waals surface area contributed by atoms with Gasteiger partial charge in [-0.25, -0.2) is 4.98 Å². The van der Waals surface area contributed by atoms with Crippen molar-refractivity contribution in [2.45, 2.75) is 38.1 Å². The molecule has 1 saturated heterocycles. The first-order chi connectivity index (χ1) is 11.8. The van der Waals surface area contributed by atoms with Crippen LogP contribution < -0.4 is 0 Å². The Kier molecular flexibility index (Phi) is 4.25. The lowest BCUT2D eigenvalue weighted by molar-refractivity contribution is -0.132. The summed E-state index contributed by atoms with van der Waals surface area (Å²) in [6, 6.07) is 0. The maximum absolute atomic E-state index is 12.4. The van der Waals surface area contributed by atoms with Gasteiger partial charge >= 0.3 is 0 Å². The minimum Gasteiger partial charge on any atom is -0.445 e. The quantitative estimate of drug-likeness (QED) is 0.846. The molecular weight excluding hydrogens is 308 g/mol. The highest BCUT2D eigenvalue weighted by molar-refractivity contribution is 5.76. The number of amides is 1. The summed E-state index contributed by atoms with van der Waals surface area (Å²) < 4.78 is 11.3. The molecule has 0 saturated carbocycles. The van der Waals surface area contributed by atoms with Gasteiger partial charge in [0, 0.05) is 44.6 Å². The number of aryl methyl sites for hydroxylation is 1. The first-order valence-electron chi connectivity index (χ1n) is 8.38. The van der Waals surface area contributed by atoms with E-state index in [4.69, 9.17) is 9.15 Å². The number of rotatable bonds is 4. The van der Waals surface area contributed by atoms with Crippen LogP contribution in [0.4, 0.5) is 0 Å². The van der Waals surface area contributed by atoms with Gasteiger partial charge in [-0.3, -0.25) is 14.8 Å². The highest BCUT2D eigenvalue weighted by Crippen LogP contribution is 2.29. The molecule has 24 heavy (non-hydrogen) atoms. The Morgan fingerprint density at radius 2 is 2.33 bits per heavy atom. The van der Waals surface area contributed by atoms with Crippen molar-refractivity contribution in [3.63, 3.8) is 0 Å². The molecule has 2 aliphatic heterocycles. The largest absolute Gasteiger partial charge is 0.445 e. The van der Waals surface area contributed by atoms with Gasteiger partial charge in [0.15, 0.2) is 5.89 Å². The summed E-state index contributed by atoms with van der Waals surface area (Å²) in [5, 5.41) is 0. The van der Waals surface area contributed by atoms with E-state index in [1.165, 1.54) is 0 Å². The third-order valence-corrected chi connectivity index (χ3v) is 4.59. The second-order valence-corrected chi connectivity index (χ2v) is 6.24. The van der Waals surface area contributed by atoms with Crippen molar-refractivity contribution < 1.29 is 13.9 Å². The molecule has 0 aliphatic carbocycles. The number of nitrogens with zero attached hydrogens (tertiary/aromatic N) is 4. The van der Waals surface area contributed by atoms with Crippen LogP contribution >= 0.6 is 0 Å². The fourth-order valence-electron chi connectivity index (χ4n) is 3.19. The number of carbonyl (C=O) groups excluding carboxylic acids is 1. The van der Waals surface area contributed by atoms with Crippen LogP contribution in [0.3, 0.4) is 0 Å². The van der Waals surface area contributed by atoms with E-state index in [0.717, 1.165) is 42.5 Å². The van der Waals surface area contributed by atoms with Crippen molar-refractivity contribution in [1.29, 1.82) is 0 Å². The second-order valence-electron chi connectivity index (χ2n) is 6.24. The molecular formula is C17H20N4O3. The molecule has 4 rings (SSSR count). The first kappa shape index (κ1) is 15.3. The summed E-state index contributed by atoms with van der Waals surface area (Å²) in [6.45, 7) is 2.67. The highest BCUT2D eigenvalue weighted by atomic mass is 16.5. The molecule has 0 aromatic carbocycles. The lowest BCUT2D eigenvalue weighted by Crippen LogP contribution is -2.36. The zero-order valence-corrected chi connectivity index (χ0v) is 13.5. The molecule has 7 nitrogen and oxygen atoms in total. The van der Waals surface area contributed by atoms with E-state index in [2.05, 4.69) is 15.0 Å². The normalized spacial score (nSPS) is 20.2. The van der Waals surface area contributed by atoms with E-state index in [1.54, 1.807) is 18.6 Å². The van der Waals surface area contributed by atoms with Crippen molar-refractivity contribution in [3.05, 3.63) is 41.6 Å². The Morgan fingerprint density at radius 3 is 3.12 bits per heavy atom. The third-order valence-electron chi connectivity index (χ3n) is 4.59. The summed E-state index contributed by atoms with van der Waals surface area (Å²) in [5.74, 6) is 2.08. The Bertz CT molecular complexity index is 710. The lowest BCUT2D eigenvalue weighted by atomic mass is 10.1. The Labute approximate surface area is 140 Å². The number of carbonyl (C=O) groups is 1. The average molecular weight is 328 g/mol. The second kappa shape index (κ2) is 6.68. The standard InChI is InChI=1S/C17H20N4O3/c22-16(2-1-13-9-18-5-6-19-13)21-7-3-15-14(10-21)20-17(24-15)12-4-8-23-11-12/h5-6,9,12H,1-4,7-8,10-11H2. The number of aromatic nitrogens is 3. The van der Waals surface area contributed by atoms with E-state index in [1.807, 2.05) is 4.90 Å². The van der Waals surface area contributed by atoms with Gasteiger partial charge in [-0.15, -0.1) is 0 Å². The first-order valence-corrected chi connectivity index (χ1v) is 8.38. The molecule has 1 unspecified atom stereocenters. The molecule has 1 atom stereocenters. The summed E-state index contributed by atoms with van der Waals surface area (Å²) in [5.41, 5.74) is 1.74. The maximum atomic E-state index is 12.4. The van der Waals surface area contributed by atoms with Crippen molar-refractivity contribution >= 4 is 5.91 Å². The van der Waals surface area contributed by atoms with E-state index in [9.17, 15) is 4.79 Å². The molecule has 0 bridgehead atoms. The molecule has 0 radical (unpaired) electrons. The van der Waals surface area contributed by atoms with E-state index in [0.29, 0.717) is 32.5 Å². The Hall–Kier alpha value is -2.28. The Balaban J connectivity index is 1.37. The van der Waals surface area contributed by atoms with Crippen LogP contribution in [0.15, 0.2) is 23.0 Å². The molecule has 1 fully saturated rings. The van der Waals surface area contributed by atoms with Gasteiger partial charge in [0.05, 0.1) is 24.8 Å². The summed E-state index contributed by atoms with van der Waals surface area (Å²) in [6.07, 6.45) is 7.72. The molecule has 4 heterocycles. The van der Waals surface area contributed by atoms with Crippen LogP contribution in [0.1, 0.15) is 41.8 Å². The van der Waals surface area contributed by atoms with Crippen LogP contribution in [0.2, 0.25) is 0 Å². The zero-order chi connectivity index (χ0) is 16.4. The van der Waals surface area contributed by atoms with Crippen molar-refractivity contribution in [2.75, 3.05) is 19.8 Å². The maximum Gasteiger partial charge on any atom is 0.223 e. The number of oxazole rings is 1. The van der Waals surface area contributed by atoms with Crippen molar-refractivity contribution in [2.24, 2.45) is 0 Å². The van der Waals surface area contributed by atoms with Gasteiger partial charge in [0.1, 0.15) is 11.5 Å². The topological polar surface area (TPSA) is 81.4 Å². The molecule has 0 N–H and O–H groups in total. The molecule has 2 aliphatic rings. The minimum absolute atomic E-state index is 0.125. The average Bonchev–Trinajstić information content (AvgIpc) is 3.28. The number of hydrogen-bond donors (Lipinski definition) is 0. The van der Waals surface area contributed by atoms with E-state index >= 15 is 0 Å². The molecule has 2 aromatic heterocycles. The van der Waals surface area contributed by atoms with Crippen molar-refractivity contribution in [1.82, 2.24) is 19.9 Å². The molecule has 7 heteroatoms. The van der Waals surface area contributed by atoms with Crippen LogP contribution in [-0.2, 0) is 28.9 Å². The van der Waals surface area contributed by atoms with E-state index in [-0.39, 0.29) is 11.8 Å². The smallest absolute Gasteiger partial charge is 0.223 e. The van der Waals surface area contributed by atoms with Crippen LogP contribution in [-0.4, -0.2) is 45.5 Å². The van der Waals surface area contributed by atoms with Gasteiger partial charge < -0.3 is 14.1 Å². The molecule has 1 amide bonds. The van der Waals surface area contributed by atoms with Crippen LogP contribution in [0, 0.1) is 0 Å². The van der Waals surface area contributed by atoms with Gasteiger partial charge in [-0.2, -0.15) is 0 Å². The van der Waals surface area contributed by atoms with Crippen LogP contribution in [0.25, 0.3) is 0 Å². The number of hydrogen-bond acceptors (Lipinski definition) is 6. The van der Waals surface area contributed by atoms with Gasteiger partial charge in [0.2, 0.25) is 5.91 Å². The third kappa shape index (κ3) is 3.17. The van der Waals surface area contributed by atoms with Gasteiger partial charge in [0.25, 0.3) is 0 Å². The van der Waals surface area contributed by atoms with Crippen LogP contribution in [0.5, 0.6) is 0 Å². The molecule has 126 valence electrons.